The predicted octanol–water partition coefficient (Wildman–Crippen LogP) is 7.60. The lowest BCUT2D eigenvalue weighted by molar-refractivity contribution is -0.117. The monoisotopic (exact) mass is 418 g/mol. The molecule has 0 amide bonds. The average Bonchev–Trinajstić information content (AvgIpc) is 2.71. The van der Waals surface area contributed by atoms with E-state index in [9.17, 15) is 4.79 Å². The van der Waals surface area contributed by atoms with E-state index in [1.807, 2.05) is 6.08 Å². The Morgan fingerprint density at radius 1 is 1.10 bits per heavy atom. The van der Waals surface area contributed by atoms with Gasteiger partial charge in [-0.15, -0.1) is 0 Å². The molecule has 6 unspecified atom stereocenters. The van der Waals surface area contributed by atoms with Crippen molar-refractivity contribution in [3.63, 3.8) is 0 Å². The first-order valence-corrected chi connectivity index (χ1v) is 12.9. The van der Waals surface area contributed by atoms with Gasteiger partial charge in [0.1, 0.15) is 0 Å². The number of ketones is 1. The number of fused-ring (bicyclic) bond motifs is 3. The summed E-state index contributed by atoms with van der Waals surface area (Å²) >= 11 is 0. The van der Waals surface area contributed by atoms with Crippen LogP contribution in [0.5, 0.6) is 0 Å². The standard InChI is InChI=1S/C19H30O.C9H20O/c1-5-18(3)10-9-17-16(13(18)2)7-6-14-12-15(20)8-11-19(14,17)4;1-8(2)5-4-6-9(3)7-10/h12-13,16-17H,5-11H2,1-4H3;8-10H,4-7H2,1-3H3. The number of aliphatic hydroxyl groups is 1. The molecular formula is C28H50O2. The summed E-state index contributed by atoms with van der Waals surface area (Å²) in [5.74, 6) is 4.22. The third kappa shape index (κ3) is 5.78. The minimum atomic E-state index is 0.333. The molecule has 0 spiro atoms. The Bertz CT molecular complexity index is 591. The number of allylic oxidation sites excluding steroid dienone is 2. The molecule has 0 saturated heterocycles. The molecule has 0 aromatic carbocycles. The zero-order valence-electron chi connectivity index (χ0n) is 21.1. The minimum Gasteiger partial charge on any atom is -0.396 e. The fourth-order valence-corrected chi connectivity index (χ4v) is 6.58. The van der Waals surface area contributed by atoms with Gasteiger partial charge in [0.2, 0.25) is 0 Å². The van der Waals surface area contributed by atoms with Crippen LogP contribution in [-0.2, 0) is 4.79 Å². The van der Waals surface area contributed by atoms with E-state index >= 15 is 0 Å². The van der Waals surface area contributed by atoms with Gasteiger partial charge in [0, 0.05) is 13.0 Å². The number of rotatable bonds is 6. The molecule has 3 rings (SSSR count). The van der Waals surface area contributed by atoms with Gasteiger partial charge in [-0.1, -0.05) is 73.3 Å². The Labute approximate surface area is 187 Å². The molecule has 30 heavy (non-hydrogen) atoms. The summed E-state index contributed by atoms with van der Waals surface area (Å²) in [6.45, 7) is 16.8. The van der Waals surface area contributed by atoms with Gasteiger partial charge in [-0.3, -0.25) is 4.79 Å². The summed E-state index contributed by atoms with van der Waals surface area (Å²) in [6.07, 6.45) is 14.2. The highest BCUT2D eigenvalue weighted by atomic mass is 16.3. The number of aliphatic hydroxyl groups excluding tert-OH is 1. The smallest absolute Gasteiger partial charge is 0.155 e. The molecule has 3 aliphatic carbocycles. The van der Waals surface area contributed by atoms with Crippen molar-refractivity contribution in [1.82, 2.24) is 0 Å². The number of hydrogen-bond donors (Lipinski definition) is 1. The van der Waals surface area contributed by atoms with Crippen molar-refractivity contribution in [3.8, 4) is 0 Å². The van der Waals surface area contributed by atoms with Crippen molar-refractivity contribution in [2.75, 3.05) is 6.61 Å². The second kappa shape index (κ2) is 10.8. The van der Waals surface area contributed by atoms with Gasteiger partial charge < -0.3 is 5.11 Å². The quantitative estimate of drug-likeness (QED) is 0.482. The lowest BCUT2D eigenvalue weighted by Crippen LogP contribution is -2.49. The Morgan fingerprint density at radius 2 is 1.80 bits per heavy atom. The molecule has 2 saturated carbocycles. The number of hydrogen-bond acceptors (Lipinski definition) is 2. The van der Waals surface area contributed by atoms with E-state index in [0.717, 1.165) is 36.5 Å². The highest BCUT2D eigenvalue weighted by molar-refractivity contribution is 5.91. The van der Waals surface area contributed by atoms with Crippen LogP contribution in [0.15, 0.2) is 11.6 Å². The van der Waals surface area contributed by atoms with E-state index < -0.39 is 0 Å². The Balaban J connectivity index is 0.000000274. The minimum absolute atomic E-state index is 0.333. The van der Waals surface area contributed by atoms with Crippen LogP contribution < -0.4 is 0 Å². The highest BCUT2D eigenvalue weighted by Crippen LogP contribution is 2.61. The molecule has 174 valence electrons. The maximum atomic E-state index is 11.8. The molecule has 0 aromatic rings. The van der Waals surface area contributed by atoms with Crippen LogP contribution in [0.3, 0.4) is 0 Å². The van der Waals surface area contributed by atoms with E-state index in [0.29, 0.717) is 29.1 Å². The maximum absolute atomic E-state index is 11.8. The second-order valence-corrected chi connectivity index (χ2v) is 11.8. The summed E-state index contributed by atoms with van der Waals surface area (Å²) in [5.41, 5.74) is 2.37. The molecule has 2 nitrogen and oxygen atoms in total. The third-order valence-corrected chi connectivity index (χ3v) is 9.41. The van der Waals surface area contributed by atoms with Crippen molar-refractivity contribution in [3.05, 3.63) is 11.6 Å². The van der Waals surface area contributed by atoms with Gasteiger partial charge in [0.15, 0.2) is 5.78 Å². The maximum Gasteiger partial charge on any atom is 0.155 e. The van der Waals surface area contributed by atoms with Crippen molar-refractivity contribution in [2.24, 2.45) is 40.4 Å². The normalized spacial score (nSPS) is 36.9. The van der Waals surface area contributed by atoms with Gasteiger partial charge in [0.25, 0.3) is 0 Å². The van der Waals surface area contributed by atoms with E-state index in [4.69, 9.17) is 5.11 Å². The molecule has 0 radical (unpaired) electrons. The van der Waals surface area contributed by atoms with Gasteiger partial charge in [-0.25, -0.2) is 0 Å². The summed E-state index contributed by atoms with van der Waals surface area (Å²) in [4.78, 5) is 11.8. The SMILES string of the molecule is CC(C)CCCC(C)CO.CCC1(C)CCC2C(CCC3=CC(=O)CCC32C)C1C. The Hall–Kier alpha value is -0.630. The molecule has 6 atom stereocenters. The van der Waals surface area contributed by atoms with E-state index in [1.54, 1.807) is 0 Å². The van der Waals surface area contributed by atoms with Crippen LogP contribution in [0, 0.1) is 40.4 Å². The van der Waals surface area contributed by atoms with Crippen molar-refractivity contribution in [2.45, 2.75) is 113 Å². The highest BCUT2D eigenvalue weighted by Gasteiger charge is 2.53. The van der Waals surface area contributed by atoms with Crippen molar-refractivity contribution < 1.29 is 9.90 Å². The first kappa shape index (κ1) is 25.6. The van der Waals surface area contributed by atoms with Crippen LogP contribution in [-0.4, -0.2) is 17.5 Å². The van der Waals surface area contributed by atoms with Crippen LogP contribution >= 0.6 is 0 Å². The molecule has 0 aromatic heterocycles. The molecule has 3 aliphatic rings. The molecule has 0 aliphatic heterocycles. The lowest BCUT2D eigenvalue weighted by atomic mass is 9.47. The van der Waals surface area contributed by atoms with Crippen molar-refractivity contribution in [1.29, 1.82) is 0 Å². The zero-order valence-corrected chi connectivity index (χ0v) is 21.1. The summed E-state index contributed by atoms with van der Waals surface area (Å²) < 4.78 is 0. The zero-order chi connectivity index (χ0) is 22.5. The van der Waals surface area contributed by atoms with E-state index in [-0.39, 0.29) is 0 Å². The Morgan fingerprint density at radius 3 is 2.40 bits per heavy atom. The fourth-order valence-electron chi connectivity index (χ4n) is 6.58. The largest absolute Gasteiger partial charge is 0.396 e. The lowest BCUT2D eigenvalue weighted by Gasteiger charge is -2.58. The van der Waals surface area contributed by atoms with Gasteiger partial charge >= 0.3 is 0 Å². The van der Waals surface area contributed by atoms with Crippen LogP contribution in [0.4, 0.5) is 0 Å². The van der Waals surface area contributed by atoms with Crippen LogP contribution in [0.25, 0.3) is 0 Å². The van der Waals surface area contributed by atoms with Crippen LogP contribution in [0.2, 0.25) is 0 Å². The number of carbonyl (C=O) groups excluding carboxylic acids is 1. The summed E-state index contributed by atoms with van der Waals surface area (Å²) in [7, 11) is 0. The molecule has 1 N–H and O–H groups in total. The fraction of sp³-hybridized carbons (Fsp3) is 0.893. The summed E-state index contributed by atoms with van der Waals surface area (Å²) in [6, 6.07) is 0. The van der Waals surface area contributed by atoms with Crippen molar-refractivity contribution >= 4 is 5.78 Å². The van der Waals surface area contributed by atoms with E-state index in [1.165, 1.54) is 56.9 Å². The Kier molecular flexibility index (Phi) is 9.22. The molecule has 2 fully saturated rings. The van der Waals surface area contributed by atoms with E-state index in [2.05, 4.69) is 48.5 Å². The average molecular weight is 419 g/mol. The topological polar surface area (TPSA) is 37.3 Å². The predicted molar refractivity (Wildman–Crippen MR) is 128 cm³/mol. The third-order valence-electron chi connectivity index (χ3n) is 9.41. The molecule has 0 bridgehead atoms. The second-order valence-electron chi connectivity index (χ2n) is 11.8. The summed E-state index contributed by atoms with van der Waals surface area (Å²) in [5, 5.41) is 8.70. The van der Waals surface area contributed by atoms with Gasteiger partial charge in [-0.05, 0) is 85.0 Å². The molecular weight excluding hydrogens is 368 g/mol. The number of carbonyl (C=O) groups is 1. The first-order chi connectivity index (χ1) is 14.1. The van der Waals surface area contributed by atoms with Gasteiger partial charge in [-0.2, -0.15) is 0 Å². The van der Waals surface area contributed by atoms with Crippen LogP contribution in [0.1, 0.15) is 113 Å². The van der Waals surface area contributed by atoms with Gasteiger partial charge in [0.05, 0.1) is 0 Å². The first-order valence-electron chi connectivity index (χ1n) is 12.9. The molecule has 0 heterocycles. The molecule has 2 heteroatoms.